The van der Waals surface area contributed by atoms with Crippen LogP contribution in [-0.2, 0) is 14.3 Å². The number of anilines is 1. The van der Waals surface area contributed by atoms with Gasteiger partial charge in [-0.1, -0.05) is 11.6 Å². The monoisotopic (exact) mass is 435 g/mol. The predicted octanol–water partition coefficient (Wildman–Crippen LogP) is 2.90. The first-order chi connectivity index (χ1) is 14.4. The maximum atomic E-state index is 12.5. The second kappa shape index (κ2) is 12.0. The number of amides is 2. The van der Waals surface area contributed by atoms with Gasteiger partial charge in [0.2, 0.25) is 11.8 Å². The van der Waals surface area contributed by atoms with E-state index in [0.29, 0.717) is 42.0 Å². The lowest BCUT2D eigenvalue weighted by molar-refractivity contribution is -0.121. The molecule has 0 fully saturated rings. The van der Waals surface area contributed by atoms with Crippen molar-refractivity contribution >= 4 is 29.1 Å². The fourth-order valence-electron chi connectivity index (χ4n) is 2.63. The summed E-state index contributed by atoms with van der Waals surface area (Å²) in [5.41, 5.74) is 5.66. The standard InChI is InChI=1S/C21H26ClN3O5/c1-3-29-16-5-7-17(8-6-16)30-19-9-4-15(22)12-18(19)24-21(27)14-25(10-11-28-2)13-20(23)26/h4-9,12H,3,10-11,13-14H2,1-2H3,(H2,23,26)(H,24,27). The Hall–Kier alpha value is -2.81. The fraction of sp³-hybridized carbons (Fsp3) is 0.333. The van der Waals surface area contributed by atoms with Gasteiger partial charge < -0.3 is 25.3 Å². The molecule has 0 saturated carbocycles. The molecule has 0 unspecified atom stereocenters. The molecule has 2 amide bonds. The molecular weight excluding hydrogens is 410 g/mol. The molecule has 8 nitrogen and oxygen atoms in total. The van der Waals surface area contributed by atoms with E-state index in [-0.39, 0.29) is 19.0 Å². The van der Waals surface area contributed by atoms with E-state index in [1.54, 1.807) is 54.5 Å². The quantitative estimate of drug-likeness (QED) is 0.531. The molecule has 3 N–H and O–H groups in total. The fourth-order valence-corrected chi connectivity index (χ4v) is 2.81. The highest BCUT2D eigenvalue weighted by Crippen LogP contribution is 2.32. The van der Waals surface area contributed by atoms with Gasteiger partial charge in [-0.05, 0) is 49.4 Å². The summed E-state index contributed by atoms with van der Waals surface area (Å²) in [5, 5.41) is 3.22. The Morgan fingerprint density at radius 1 is 1.10 bits per heavy atom. The van der Waals surface area contributed by atoms with Crippen molar-refractivity contribution in [1.82, 2.24) is 4.90 Å². The van der Waals surface area contributed by atoms with E-state index in [9.17, 15) is 9.59 Å². The molecule has 30 heavy (non-hydrogen) atoms. The van der Waals surface area contributed by atoms with E-state index >= 15 is 0 Å². The highest BCUT2D eigenvalue weighted by Gasteiger charge is 2.15. The lowest BCUT2D eigenvalue weighted by Crippen LogP contribution is -2.40. The maximum absolute atomic E-state index is 12.5. The number of primary amides is 1. The SMILES string of the molecule is CCOc1ccc(Oc2ccc(Cl)cc2NC(=O)CN(CCOC)CC(N)=O)cc1. The normalized spacial score (nSPS) is 10.7. The van der Waals surface area contributed by atoms with Crippen LogP contribution in [-0.4, -0.2) is 56.7 Å². The van der Waals surface area contributed by atoms with E-state index in [4.69, 9.17) is 31.5 Å². The van der Waals surface area contributed by atoms with Crippen LogP contribution in [0.2, 0.25) is 5.02 Å². The van der Waals surface area contributed by atoms with E-state index in [2.05, 4.69) is 5.32 Å². The number of benzene rings is 2. The Kier molecular flexibility index (Phi) is 9.40. The number of ether oxygens (including phenoxy) is 3. The van der Waals surface area contributed by atoms with E-state index < -0.39 is 5.91 Å². The van der Waals surface area contributed by atoms with Gasteiger partial charge in [0, 0.05) is 18.7 Å². The number of nitrogens with zero attached hydrogens (tertiary/aromatic N) is 1. The van der Waals surface area contributed by atoms with Crippen molar-refractivity contribution in [2.45, 2.75) is 6.92 Å². The van der Waals surface area contributed by atoms with Crippen LogP contribution in [0.1, 0.15) is 6.92 Å². The molecule has 2 aromatic rings. The number of rotatable bonds is 12. The van der Waals surface area contributed by atoms with Crippen LogP contribution in [0.3, 0.4) is 0 Å². The summed E-state index contributed by atoms with van der Waals surface area (Å²) in [6.45, 7) is 3.14. The van der Waals surface area contributed by atoms with E-state index in [1.165, 1.54) is 0 Å². The number of methoxy groups -OCH3 is 1. The third-order valence-electron chi connectivity index (χ3n) is 3.94. The Morgan fingerprint density at radius 3 is 2.43 bits per heavy atom. The van der Waals surface area contributed by atoms with Gasteiger partial charge in [-0.15, -0.1) is 0 Å². The minimum Gasteiger partial charge on any atom is -0.494 e. The first-order valence-corrected chi connectivity index (χ1v) is 9.78. The van der Waals surface area contributed by atoms with Crippen LogP contribution in [0.4, 0.5) is 5.69 Å². The molecule has 0 heterocycles. The van der Waals surface area contributed by atoms with Crippen LogP contribution in [0.5, 0.6) is 17.2 Å². The number of nitrogens with one attached hydrogen (secondary N) is 1. The van der Waals surface area contributed by atoms with Crippen LogP contribution in [0, 0.1) is 0 Å². The molecule has 0 saturated heterocycles. The number of halogens is 1. The molecule has 0 radical (unpaired) electrons. The van der Waals surface area contributed by atoms with Gasteiger partial charge in [0.25, 0.3) is 0 Å². The van der Waals surface area contributed by atoms with Gasteiger partial charge in [-0.25, -0.2) is 0 Å². The van der Waals surface area contributed by atoms with Crippen LogP contribution in [0.25, 0.3) is 0 Å². The van der Waals surface area contributed by atoms with Crippen LogP contribution < -0.4 is 20.5 Å². The minimum absolute atomic E-state index is 0.0404. The van der Waals surface area contributed by atoms with Crippen LogP contribution >= 0.6 is 11.6 Å². The number of carbonyl (C=O) groups is 2. The van der Waals surface area contributed by atoms with Crippen molar-refractivity contribution in [2.24, 2.45) is 5.73 Å². The van der Waals surface area contributed by atoms with Crippen molar-refractivity contribution in [1.29, 1.82) is 0 Å². The second-order valence-electron chi connectivity index (χ2n) is 6.36. The summed E-state index contributed by atoms with van der Waals surface area (Å²) in [5.74, 6) is 0.870. The average molecular weight is 436 g/mol. The lowest BCUT2D eigenvalue weighted by Gasteiger charge is -2.20. The molecule has 2 aromatic carbocycles. The van der Waals surface area contributed by atoms with Crippen molar-refractivity contribution in [3.8, 4) is 17.2 Å². The maximum Gasteiger partial charge on any atom is 0.238 e. The minimum atomic E-state index is -0.527. The lowest BCUT2D eigenvalue weighted by atomic mass is 10.2. The summed E-state index contributed by atoms with van der Waals surface area (Å²) < 4.78 is 16.3. The largest absolute Gasteiger partial charge is 0.494 e. The van der Waals surface area contributed by atoms with Crippen molar-refractivity contribution in [3.05, 3.63) is 47.5 Å². The van der Waals surface area contributed by atoms with Gasteiger partial charge in [-0.3, -0.25) is 14.5 Å². The van der Waals surface area contributed by atoms with Crippen molar-refractivity contribution < 1.29 is 23.8 Å². The molecule has 0 aliphatic rings. The molecule has 0 aromatic heterocycles. The third-order valence-corrected chi connectivity index (χ3v) is 4.17. The Morgan fingerprint density at radius 2 is 1.80 bits per heavy atom. The van der Waals surface area contributed by atoms with E-state index in [1.807, 2.05) is 6.92 Å². The molecule has 0 aliphatic carbocycles. The van der Waals surface area contributed by atoms with Gasteiger partial charge in [0.05, 0.1) is 32.0 Å². The van der Waals surface area contributed by atoms with Gasteiger partial charge in [0.1, 0.15) is 11.5 Å². The van der Waals surface area contributed by atoms with Crippen molar-refractivity contribution in [2.75, 3.05) is 45.3 Å². The first-order valence-electron chi connectivity index (χ1n) is 9.41. The smallest absolute Gasteiger partial charge is 0.238 e. The zero-order valence-electron chi connectivity index (χ0n) is 17.0. The zero-order valence-corrected chi connectivity index (χ0v) is 17.8. The number of hydrogen-bond donors (Lipinski definition) is 2. The van der Waals surface area contributed by atoms with Crippen molar-refractivity contribution in [3.63, 3.8) is 0 Å². The average Bonchev–Trinajstić information content (AvgIpc) is 2.69. The highest BCUT2D eigenvalue weighted by molar-refractivity contribution is 6.31. The first kappa shape index (κ1) is 23.5. The van der Waals surface area contributed by atoms with Gasteiger partial charge in [0.15, 0.2) is 5.75 Å². The zero-order chi connectivity index (χ0) is 21.9. The molecule has 0 aliphatic heterocycles. The number of carbonyl (C=O) groups excluding carboxylic acids is 2. The molecule has 0 bridgehead atoms. The molecule has 0 spiro atoms. The molecular formula is C21H26ClN3O5. The van der Waals surface area contributed by atoms with E-state index in [0.717, 1.165) is 5.75 Å². The topological polar surface area (TPSA) is 103 Å². The molecule has 162 valence electrons. The van der Waals surface area contributed by atoms with Crippen LogP contribution in [0.15, 0.2) is 42.5 Å². The third kappa shape index (κ3) is 7.90. The summed E-state index contributed by atoms with van der Waals surface area (Å²) >= 11 is 6.09. The number of hydrogen-bond acceptors (Lipinski definition) is 6. The second-order valence-corrected chi connectivity index (χ2v) is 6.80. The Balaban J connectivity index is 2.09. The summed E-state index contributed by atoms with van der Waals surface area (Å²) in [4.78, 5) is 25.4. The number of nitrogens with two attached hydrogens (primary N) is 1. The molecule has 2 rings (SSSR count). The predicted molar refractivity (Wildman–Crippen MR) is 115 cm³/mol. The summed E-state index contributed by atoms with van der Waals surface area (Å²) in [6.07, 6.45) is 0. The summed E-state index contributed by atoms with van der Waals surface area (Å²) in [6, 6.07) is 12.1. The Bertz CT molecular complexity index is 845. The Labute approximate surface area is 180 Å². The summed E-state index contributed by atoms with van der Waals surface area (Å²) in [7, 11) is 1.54. The molecule has 9 heteroatoms. The molecule has 0 atom stereocenters. The van der Waals surface area contributed by atoms with Gasteiger partial charge >= 0.3 is 0 Å². The highest BCUT2D eigenvalue weighted by atomic mass is 35.5. The van der Waals surface area contributed by atoms with Gasteiger partial charge in [-0.2, -0.15) is 0 Å².